The van der Waals surface area contributed by atoms with Crippen LogP contribution in [0.4, 0.5) is 10.8 Å². The molecule has 3 heterocycles. The van der Waals surface area contributed by atoms with Crippen LogP contribution in [-0.2, 0) is 4.79 Å². The summed E-state index contributed by atoms with van der Waals surface area (Å²) in [5.41, 5.74) is 2.03. The number of carbonyl (C=O) groups excluding carboxylic acids is 1. The van der Waals surface area contributed by atoms with Crippen molar-refractivity contribution >= 4 is 39.0 Å². The number of hydrogen-bond donors (Lipinski definition) is 1. The lowest BCUT2D eigenvalue weighted by Gasteiger charge is -2.34. The van der Waals surface area contributed by atoms with Gasteiger partial charge < -0.3 is 15.0 Å². The first-order chi connectivity index (χ1) is 12.7. The van der Waals surface area contributed by atoms with Crippen molar-refractivity contribution in [2.24, 2.45) is 5.92 Å². The molecule has 26 heavy (non-hydrogen) atoms. The van der Waals surface area contributed by atoms with E-state index < -0.39 is 0 Å². The molecule has 0 saturated carbocycles. The van der Waals surface area contributed by atoms with E-state index in [2.05, 4.69) is 20.2 Å². The van der Waals surface area contributed by atoms with Crippen LogP contribution in [0.5, 0.6) is 5.75 Å². The highest BCUT2D eigenvalue weighted by Gasteiger charge is 2.27. The first kappa shape index (κ1) is 16.8. The molecule has 6 nitrogen and oxygen atoms in total. The van der Waals surface area contributed by atoms with Crippen molar-refractivity contribution in [3.05, 3.63) is 42.0 Å². The van der Waals surface area contributed by atoms with Gasteiger partial charge in [-0.3, -0.25) is 9.78 Å². The fourth-order valence-electron chi connectivity index (χ4n) is 3.42. The van der Waals surface area contributed by atoms with Crippen molar-refractivity contribution < 1.29 is 9.53 Å². The quantitative estimate of drug-likeness (QED) is 0.763. The highest BCUT2D eigenvalue weighted by Crippen LogP contribution is 2.32. The van der Waals surface area contributed by atoms with Gasteiger partial charge in [-0.05, 0) is 37.1 Å². The normalized spacial score (nSPS) is 17.3. The lowest BCUT2D eigenvalue weighted by molar-refractivity contribution is -0.120. The largest absolute Gasteiger partial charge is 0.497 e. The van der Waals surface area contributed by atoms with Crippen LogP contribution in [0.25, 0.3) is 10.9 Å². The Kier molecular flexibility index (Phi) is 4.71. The number of pyridine rings is 1. The molecule has 1 N–H and O–H groups in total. The minimum atomic E-state index is -0.0542. The number of thiazole rings is 1. The average molecular weight is 368 g/mol. The second kappa shape index (κ2) is 7.29. The Morgan fingerprint density at radius 3 is 3.04 bits per heavy atom. The van der Waals surface area contributed by atoms with E-state index >= 15 is 0 Å². The standard InChI is InChI=1S/C19H20N4O2S/c1-25-14-4-5-16-15(11-14)17(6-7-20-16)23-9-2-3-13(12-23)18(24)22-19-21-8-10-26-19/h4-8,10-11,13H,2-3,9,12H2,1H3,(H,21,22,24). The minimum absolute atomic E-state index is 0.0422. The summed E-state index contributed by atoms with van der Waals surface area (Å²) in [6.07, 6.45) is 5.39. The van der Waals surface area contributed by atoms with Gasteiger partial charge in [-0.1, -0.05) is 0 Å². The number of carbonyl (C=O) groups is 1. The van der Waals surface area contributed by atoms with Gasteiger partial charge in [0.05, 0.1) is 18.5 Å². The van der Waals surface area contributed by atoms with E-state index in [1.54, 1.807) is 13.3 Å². The summed E-state index contributed by atoms with van der Waals surface area (Å²) in [7, 11) is 1.66. The predicted molar refractivity (Wildman–Crippen MR) is 104 cm³/mol. The summed E-state index contributed by atoms with van der Waals surface area (Å²) in [5.74, 6) is 0.795. The van der Waals surface area contributed by atoms with Gasteiger partial charge in [0.1, 0.15) is 5.75 Å². The van der Waals surface area contributed by atoms with Crippen LogP contribution >= 0.6 is 11.3 Å². The lowest BCUT2D eigenvalue weighted by Crippen LogP contribution is -2.40. The van der Waals surface area contributed by atoms with Crippen molar-refractivity contribution in [3.8, 4) is 5.75 Å². The first-order valence-electron chi connectivity index (χ1n) is 8.62. The molecule has 1 aromatic carbocycles. The molecule has 134 valence electrons. The van der Waals surface area contributed by atoms with Crippen LogP contribution < -0.4 is 15.0 Å². The van der Waals surface area contributed by atoms with Crippen LogP contribution in [0, 0.1) is 5.92 Å². The molecule has 0 spiro atoms. The van der Waals surface area contributed by atoms with Crippen LogP contribution in [-0.4, -0.2) is 36.1 Å². The van der Waals surface area contributed by atoms with E-state index in [1.807, 2.05) is 35.8 Å². The Morgan fingerprint density at radius 2 is 2.23 bits per heavy atom. The molecule has 1 aliphatic heterocycles. The van der Waals surface area contributed by atoms with Gasteiger partial charge >= 0.3 is 0 Å². The predicted octanol–water partition coefficient (Wildman–Crippen LogP) is 3.56. The molecule has 3 aromatic rings. The van der Waals surface area contributed by atoms with Crippen molar-refractivity contribution in [2.75, 3.05) is 30.4 Å². The number of methoxy groups -OCH3 is 1. The van der Waals surface area contributed by atoms with Crippen LogP contribution in [0.2, 0.25) is 0 Å². The van der Waals surface area contributed by atoms with E-state index in [0.717, 1.165) is 41.7 Å². The molecule has 0 radical (unpaired) electrons. The van der Waals surface area contributed by atoms with Crippen molar-refractivity contribution in [1.29, 1.82) is 0 Å². The number of nitrogens with one attached hydrogen (secondary N) is 1. The summed E-state index contributed by atoms with van der Waals surface area (Å²) in [5, 5.41) is 6.50. The second-order valence-electron chi connectivity index (χ2n) is 6.32. The maximum absolute atomic E-state index is 12.6. The minimum Gasteiger partial charge on any atom is -0.497 e. The molecule has 1 aliphatic rings. The van der Waals surface area contributed by atoms with Gasteiger partial charge in [0.2, 0.25) is 5.91 Å². The fourth-order valence-corrected chi connectivity index (χ4v) is 3.95. The molecule has 1 unspecified atom stereocenters. The van der Waals surface area contributed by atoms with Crippen LogP contribution in [0.3, 0.4) is 0 Å². The van der Waals surface area contributed by atoms with Crippen LogP contribution in [0.15, 0.2) is 42.0 Å². The first-order valence-corrected chi connectivity index (χ1v) is 9.50. The SMILES string of the molecule is COc1ccc2nccc(N3CCCC(C(=O)Nc4nccs4)C3)c2c1. The van der Waals surface area contributed by atoms with Crippen molar-refractivity contribution in [3.63, 3.8) is 0 Å². The number of aromatic nitrogens is 2. The Balaban J connectivity index is 1.58. The fraction of sp³-hybridized carbons (Fsp3) is 0.316. The van der Waals surface area contributed by atoms with Crippen molar-refractivity contribution in [1.82, 2.24) is 9.97 Å². The molecule has 1 fully saturated rings. The van der Waals surface area contributed by atoms with Gasteiger partial charge in [-0.25, -0.2) is 4.98 Å². The molecule has 1 atom stereocenters. The monoisotopic (exact) mass is 368 g/mol. The molecular formula is C19H20N4O2S. The van der Waals surface area contributed by atoms with Crippen LogP contribution in [0.1, 0.15) is 12.8 Å². The molecular weight excluding hydrogens is 348 g/mol. The highest BCUT2D eigenvalue weighted by molar-refractivity contribution is 7.13. The summed E-state index contributed by atoms with van der Waals surface area (Å²) in [6.45, 7) is 1.62. The van der Waals surface area contributed by atoms with Gasteiger partial charge in [-0.15, -0.1) is 11.3 Å². The number of fused-ring (bicyclic) bond motifs is 1. The summed E-state index contributed by atoms with van der Waals surface area (Å²) >= 11 is 1.44. The maximum atomic E-state index is 12.6. The lowest BCUT2D eigenvalue weighted by atomic mass is 9.96. The molecule has 4 rings (SSSR count). The number of piperidine rings is 1. The number of nitrogens with zero attached hydrogens (tertiary/aromatic N) is 3. The number of anilines is 2. The molecule has 2 aromatic heterocycles. The zero-order valence-electron chi connectivity index (χ0n) is 14.5. The molecule has 0 aliphatic carbocycles. The Hall–Kier alpha value is -2.67. The van der Waals surface area contributed by atoms with Gasteiger partial charge in [-0.2, -0.15) is 0 Å². The van der Waals surface area contributed by atoms with E-state index in [1.165, 1.54) is 11.3 Å². The van der Waals surface area contributed by atoms with Gasteiger partial charge in [0.25, 0.3) is 0 Å². The summed E-state index contributed by atoms with van der Waals surface area (Å²) in [6, 6.07) is 7.91. The highest BCUT2D eigenvalue weighted by atomic mass is 32.1. The Morgan fingerprint density at radius 1 is 1.31 bits per heavy atom. The van der Waals surface area contributed by atoms with E-state index in [4.69, 9.17) is 4.74 Å². The zero-order valence-corrected chi connectivity index (χ0v) is 15.3. The van der Waals surface area contributed by atoms with Crippen molar-refractivity contribution in [2.45, 2.75) is 12.8 Å². The third-order valence-corrected chi connectivity index (χ3v) is 5.41. The third kappa shape index (κ3) is 3.35. The van der Waals surface area contributed by atoms with Gasteiger partial charge in [0.15, 0.2) is 5.13 Å². The number of ether oxygens (including phenoxy) is 1. The smallest absolute Gasteiger partial charge is 0.231 e. The second-order valence-corrected chi connectivity index (χ2v) is 7.22. The maximum Gasteiger partial charge on any atom is 0.231 e. The summed E-state index contributed by atoms with van der Waals surface area (Å²) < 4.78 is 5.37. The Bertz CT molecular complexity index is 913. The number of amides is 1. The summed E-state index contributed by atoms with van der Waals surface area (Å²) in [4.78, 5) is 23.5. The average Bonchev–Trinajstić information content (AvgIpc) is 3.20. The molecule has 1 amide bonds. The van der Waals surface area contributed by atoms with E-state index in [9.17, 15) is 4.79 Å². The van der Waals surface area contributed by atoms with E-state index in [0.29, 0.717) is 11.7 Å². The van der Waals surface area contributed by atoms with Gasteiger partial charge in [0, 0.05) is 41.9 Å². The number of rotatable bonds is 4. The molecule has 7 heteroatoms. The molecule has 1 saturated heterocycles. The zero-order chi connectivity index (χ0) is 17.9. The topological polar surface area (TPSA) is 67.3 Å². The van der Waals surface area contributed by atoms with E-state index in [-0.39, 0.29) is 11.8 Å². The molecule has 0 bridgehead atoms. The number of hydrogen-bond acceptors (Lipinski definition) is 6. The third-order valence-electron chi connectivity index (χ3n) is 4.72. The number of benzene rings is 1. The Labute approximate surface area is 155 Å².